The Bertz CT molecular complexity index is 692. The third kappa shape index (κ3) is 4.82. The molecule has 25 heavy (non-hydrogen) atoms. The molecule has 136 valence electrons. The molecule has 0 saturated heterocycles. The molecule has 0 radical (unpaired) electrons. The van der Waals surface area contributed by atoms with E-state index >= 15 is 0 Å². The van der Waals surface area contributed by atoms with Crippen molar-refractivity contribution in [3.63, 3.8) is 0 Å². The fourth-order valence-corrected chi connectivity index (χ4v) is 2.75. The minimum absolute atomic E-state index is 0.106. The fraction of sp³-hybridized carbons (Fsp3) is 0.474. The first kappa shape index (κ1) is 19.0. The predicted octanol–water partition coefficient (Wildman–Crippen LogP) is 2.78. The van der Waals surface area contributed by atoms with Crippen molar-refractivity contribution in [2.45, 2.75) is 33.7 Å². The molecule has 0 spiro atoms. The molecule has 1 aromatic carbocycles. The Kier molecular flexibility index (Phi) is 6.58. The smallest absolute Gasteiger partial charge is 0.259 e. The highest BCUT2D eigenvalue weighted by atomic mass is 16.3. The van der Waals surface area contributed by atoms with Gasteiger partial charge >= 0.3 is 0 Å². The molecule has 0 fully saturated rings. The van der Waals surface area contributed by atoms with Gasteiger partial charge in [-0.15, -0.1) is 0 Å². The van der Waals surface area contributed by atoms with Crippen LogP contribution in [0.1, 0.15) is 36.8 Å². The molecule has 6 heteroatoms. The number of anilines is 2. The van der Waals surface area contributed by atoms with Crippen LogP contribution in [0.15, 0.2) is 30.5 Å². The number of nitrogens with one attached hydrogen (secondary N) is 1. The zero-order valence-corrected chi connectivity index (χ0v) is 15.5. The van der Waals surface area contributed by atoms with Gasteiger partial charge in [-0.3, -0.25) is 9.48 Å². The van der Waals surface area contributed by atoms with Crippen molar-refractivity contribution in [3.05, 3.63) is 41.7 Å². The summed E-state index contributed by atoms with van der Waals surface area (Å²) in [5.74, 6) is 0.341. The average molecular weight is 344 g/mol. The molecule has 0 bridgehead atoms. The summed E-state index contributed by atoms with van der Waals surface area (Å²) in [7, 11) is 1.92. The lowest BCUT2D eigenvalue weighted by atomic mass is 10.1. The maximum absolute atomic E-state index is 12.6. The van der Waals surface area contributed by atoms with E-state index in [1.807, 2.05) is 47.8 Å². The van der Waals surface area contributed by atoms with Crippen molar-refractivity contribution >= 4 is 17.3 Å². The Balaban J connectivity index is 2.10. The monoisotopic (exact) mass is 344 g/mol. The Morgan fingerprint density at radius 3 is 2.56 bits per heavy atom. The SMILES string of the molecule is CCc1c(C(=O)Nc2ccc(N(C)CCO)cc2)cnn1CC(C)C. The summed E-state index contributed by atoms with van der Waals surface area (Å²) in [4.78, 5) is 14.6. The highest BCUT2D eigenvalue weighted by molar-refractivity contribution is 6.05. The Labute approximate surface area is 149 Å². The summed E-state index contributed by atoms with van der Waals surface area (Å²) >= 11 is 0. The third-order valence-corrected chi connectivity index (χ3v) is 4.07. The molecule has 2 aromatic rings. The van der Waals surface area contributed by atoms with Crippen LogP contribution < -0.4 is 10.2 Å². The van der Waals surface area contributed by atoms with Crippen LogP contribution in [0.5, 0.6) is 0 Å². The third-order valence-electron chi connectivity index (χ3n) is 4.07. The topological polar surface area (TPSA) is 70.4 Å². The highest BCUT2D eigenvalue weighted by Crippen LogP contribution is 2.19. The summed E-state index contributed by atoms with van der Waals surface area (Å²) in [5, 5.41) is 16.3. The van der Waals surface area contributed by atoms with Crippen molar-refractivity contribution in [3.8, 4) is 0 Å². The summed E-state index contributed by atoms with van der Waals surface area (Å²) in [6, 6.07) is 7.58. The van der Waals surface area contributed by atoms with E-state index in [2.05, 4.69) is 24.3 Å². The molecule has 1 amide bonds. The largest absolute Gasteiger partial charge is 0.395 e. The molecule has 0 aliphatic rings. The Hall–Kier alpha value is -2.34. The van der Waals surface area contributed by atoms with E-state index in [0.29, 0.717) is 18.0 Å². The quantitative estimate of drug-likeness (QED) is 0.772. The van der Waals surface area contributed by atoms with Gasteiger partial charge in [0.1, 0.15) is 0 Å². The van der Waals surface area contributed by atoms with Gasteiger partial charge < -0.3 is 15.3 Å². The molecule has 0 saturated carbocycles. The second kappa shape index (κ2) is 8.67. The first-order valence-corrected chi connectivity index (χ1v) is 8.74. The standard InChI is InChI=1S/C19H28N4O2/c1-5-18-17(12-20-23(18)13-14(2)3)19(25)21-15-6-8-16(9-7-15)22(4)10-11-24/h6-9,12,14,24H,5,10-11,13H2,1-4H3,(H,21,25). The van der Waals surface area contributed by atoms with Gasteiger partial charge in [-0.2, -0.15) is 5.10 Å². The van der Waals surface area contributed by atoms with Gasteiger partial charge in [0.15, 0.2) is 0 Å². The molecule has 1 heterocycles. The molecule has 0 aliphatic carbocycles. The lowest BCUT2D eigenvalue weighted by molar-refractivity contribution is 0.102. The minimum Gasteiger partial charge on any atom is -0.395 e. The number of hydrogen-bond donors (Lipinski definition) is 2. The van der Waals surface area contributed by atoms with Crippen LogP contribution in [0.3, 0.4) is 0 Å². The molecule has 0 unspecified atom stereocenters. The van der Waals surface area contributed by atoms with Crippen LogP contribution in [-0.4, -0.2) is 41.0 Å². The first-order chi connectivity index (χ1) is 12.0. The number of aliphatic hydroxyl groups excluding tert-OH is 1. The zero-order chi connectivity index (χ0) is 18.4. The minimum atomic E-state index is -0.136. The van der Waals surface area contributed by atoms with Crippen LogP contribution in [0.25, 0.3) is 0 Å². The number of amides is 1. The van der Waals surface area contributed by atoms with Crippen molar-refractivity contribution < 1.29 is 9.90 Å². The zero-order valence-electron chi connectivity index (χ0n) is 15.5. The van der Waals surface area contributed by atoms with Gasteiger partial charge in [0.05, 0.1) is 24.1 Å². The van der Waals surface area contributed by atoms with Crippen LogP contribution in [0.2, 0.25) is 0 Å². The van der Waals surface area contributed by atoms with Gasteiger partial charge in [0.2, 0.25) is 0 Å². The number of benzene rings is 1. The van der Waals surface area contributed by atoms with E-state index in [-0.39, 0.29) is 12.5 Å². The summed E-state index contributed by atoms with van der Waals surface area (Å²) in [6.45, 7) is 7.79. The maximum Gasteiger partial charge on any atom is 0.259 e. The lowest BCUT2D eigenvalue weighted by Gasteiger charge is -2.18. The number of hydrogen-bond acceptors (Lipinski definition) is 4. The van der Waals surface area contributed by atoms with Crippen LogP contribution in [0, 0.1) is 5.92 Å². The molecular formula is C19H28N4O2. The molecule has 2 N–H and O–H groups in total. The van der Waals surface area contributed by atoms with Gasteiger partial charge in [0, 0.05) is 31.5 Å². The first-order valence-electron chi connectivity index (χ1n) is 8.74. The Morgan fingerprint density at radius 2 is 2.00 bits per heavy atom. The number of nitrogens with zero attached hydrogens (tertiary/aromatic N) is 3. The van der Waals surface area contributed by atoms with Crippen molar-refractivity contribution in [1.29, 1.82) is 0 Å². The molecule has 2 rings (SSSR count). The van der Waals surface area contributed by atoms with E-state index < -0.39 is 0 Å². The van der Waals surface area contributed by atoms with E-state index in [0.717, 1.165) is 30.0 Å². The van der Waals surface area contributed by atoms with Gasteiger partial charge in [0.25, 0.3) is 5.91 Å². The number of aliphatic hydroxyl groups is 1. The van der Waals surface area contributed by atoms with Gasteiger partial charge in [-0.1, -0.05) is 20.8 Å². The summed E-state index contributed by atoms with van der Waals surface area (Å²) < 4.78 is 1.92. The van der Waals surface area contributed by atoms with E-state index in [4.69, 9.17) is 5.11 Å². The highest BCUT2D eigenvalue weighted by Gasteiger charge is 2.17. The predicted molar refractivity (Wildman–Crippen MR) is 101 cm³/mol. The number of aromatic nitrogens is 2. The van der Waals surface area contributed by atoms with Crippen LogP contribution in [-0.2, 0) is 13.0 Å². The molecule has 1 aromatic heterocycles. The van der Waals surface area contributed by atoms with Crippen molar-refractivity contribution in [2.24, 2.45) is 5.92 Å². The van der Waals surface area contributed by atoms with E-state index in [1.54, 1.807) is 6.20 Å². The number of likely N-dealkylation sites (N-methyl/N-ethyl adjacent to an activating group) is 1. The van der Waals surface area contributed by atoms with Crippen molar-refractivity contribution in [2.75, 3.05) is 30.4 Å². The van der Waals surface area contributed by atoms with E-state index in [1.165, 1.54) is 0 Å². The molecular weight excluding hydrogens is 316 g/mol. The van der Waals surface area contributed by atoms with Crippen LogP contribution in [0.4, 0.5) is 11.4 Å². The number of carbonyl (C=O) groups is 1. The van der Waals surface area contributed by atoms with Gasteiger partial charge in [-0.05, 0) is 36.6 Å². The normalized spacial score (nSPS) is 11.0. The van der Waals surface area contributed by atoms with Gasteiger partial charge in [-0.25, -0.2) is 0 Å². The number of carbonyl (C=O) groups excluding carboxylic acids is 1. The van der Waals surface area contributed by atoms with Crippen molar-refractivity contribution in [1.82, 2.24) is 9.78 Å². The molecule has 0 aliphatic heterocycles. The average Bonchev–Trinajstić information content (AvgIpc) is 2.97. The second-order valence-corrected chi connectivity index (χ2v) is 6.58. The lowest BCUT2D eigenvalue weighted by Crippen LogP contribution is -2.21. The molecule has 0 atom stereocenters. The fourth-order valence-electron chi connectivity index (χ4n) is 2.75. The summed E-state index contributed by atoms with van der Waals surface area (Å²) in [5.41, 5.74) is 3.32. The second-order valence-electron chi connectivity index (χ2n) is 6.58. The molecule has 6 nitrogen and oxygen atoms in total. The van der Waals surface area contributed by atoms with Crippen LogP contribution >= 0.6 is 0 Å². The summed E-state index contributed by atoms with van der Waals surface area (Å²) in [6.07, 6.45) is 2.42. The van der Waals surface area contributed by atoms with E-state index in [9.17, 15) is 4.79 Å². The number of rotatable bonds is 8. The maximum atomic E-state index is 12.6. The Morgan fingerprint density at radius 1 is 1.32 bits per heavy atom.